The number of amides is 1. The lowest BCUT2D eigenvalue weighted by atomic mass is 9.80. The highest BCUT2D eigenvalue weighted by atomic mass is 32.2. The van der Waals surface area contributed by atoms with Crippen LogP contribution in [-0.4, -0.2) is 74.2 Å². The van der Waals surface area contributed by atoms with Crippen molar-refractivity contribution in [1.29, 1.82) is 0 Å². The van der Waals surface area contributed by atoms with Crippen LogP contribution >= 0.6 is 0 Å². The fraction of sp³-hybridized carbons (Fsp3) is 0.870. The molecule has 8 nitrogen and oxygen atoms in total. The molecule has 0 bridgehead atoms. The van der Waals surface area contributed by atoms with Crippen molar-refractivity contribution < 1.29 is 13.2 Å². The van der Waals surface area contributed by atoms with E-state index in [4.69, 9.17) is 5.73 Å². The van der Waals surface area contributed by atoms with Gasteiger partial charge in [-0.25, -0.2) is 17.7 Å². The first-order valence-electron chi connectivity index (χ1n) is 12.5. The summed E-state index contributed by atoms with van der Waals surface area (Å²) in [7, 11) is -1.19. The molecule has 0 aromatic rings. The summed E-state index contributed by atoms with van der Waals surface area (Å²) < 4.78 is 28.2. The maximum absolute atomic E-state index is 13.2. The summed E-state index contributed by atoms with van der Waals surface area (Å²) in [4.78, 5) is 12.3. The van der Waals surface area contributed by atoms with Gasteiger partial charge in [0.05, 0.1) is 5.25 Å². The first-order chi connectivity index (χ1) is 15.3. The molecule has 182 valence electrons. The van der Waals surface area contributed by atoms with E-state index in [2.05, 4.69) is 22.8 Å². The third kappa shape index (κ3) is 5.73. The van der Waals surface area contributed by atoms with Crippen molar-refractivity contribution in [3.63, 3.8) is 0 Å². The van der Waals surface area contributed by atoms with Crippen LogP contribution in [0.2, 0.25) is 0 Å². The second kappa shape index (κ2) is 10.5. The molecule has 4 atom stereocenters. The van der Waals surface area contributed by atoms with Gasteiger partial charge in [-0.05, 0) is 68.8 Å². The molecular formula is C23H41N5O3S. The fourth-order valence-electron chi connectivity index (χ4n) is 6.07. The first-order valence-corrected chi connectivity index (χ1v) is 14.0. The molecule has 1 amide bonds. The number of nitrogens with zero attached hydrogens (tertiary/aromatic N) is 2. The van der Waals surface area contributed by atoms with E-state index in [0.29, 0.717) is 24.9 Å². The van der Waals surface area contributed by atoms with Crippen LogP contribution in [0.15, 0.2) is 12.2 Å². The largest absolute Gasteiger partial charge is 0.348 e. The van der Waals surface area contributed by atoms with E-state index < -0.39 is 10.0 Å². The lowest BCUT2D eigenvalue weighted by molar-refractivity contribution is -0.117. The maximum atomic E-state index is 13.2. The van der Waals surface area contributed by atoms with Gasteiger partial charge in [0.15, 0.2) is 0 Å². The molecule has 9 heteroatoms. The van der Waals surface area contributed by atoms with Crippen molar-refractivity contribution >= 4 is 15.9 Å². The van der Waals surface area contributed by atoms with Crippen molar-refractivity contribution in [2.45, 2.75) is 75.1 Å². The minimum atomic E-state index is -3.26. The van der Waals surface area contributed by atoms with Crippen molar-refractivity contribution in [1.82, 2.24) is 20.1 Å². The summed E-state index contributed by atoms with van der Waals surface area (Å²) in [6.07, 6.45) is 11.9. The average Bonchev–Trinajstić information content (AvgIpc) is 3.44. The third-order valence-corrected chi connectivity index (χ3v) is 10.5. The molecule has 2 heterocycles. The van der Waals surface area contributed by atoms with Crippen molar-refractivity contribution in [3.8, 4) is 0 Å². The summed E-state index contributed by atoms with van der Waals surface area (Å²) >= 11 is 0. The van der Waals surface area contributed by atoms with E-state index in [9.17, 15) is 13.2 Å². The van der Waals surface area contributed by atoms with Gasteiger partial charge in [0.1, 0.15) is 0 Å². The highest BCUT2D eigenvalue weighted by Crippen LogP contribution is 2.36. The molecule has 4 unspecified atom stereocenters. The SMILES string of the molecule is CN1CC(C2CCC(S(=O)(=O)N3CCC(/C=C/C(=O)NC4CCCCC4N)C3)CC2)CN1. The zero-order valence-corrected chi connectivity index (χ0v) is 20.2. The van der Waals surface area contributed by atoms with Crippen LogP contribution in [0.25, 0.3) is 0 Å². The molecule has 4 fully saturated rings. The molecular weight excluding hydrogens is 426 g/mol. The monoisotopic (exact) mass is 467 g/mol. The van der Waals surface area contributed by atoms with Gasteiger partial charge in [-0.1, -0.05) is 18.9 Å². The number of hydrazine groups is 1. The van der Waals surface area contributed by atoms with Crippen LogP contribution in [-0.2, 0) is 14.8 Å². The van der Waals surface area contributed by atoms with E-state index in [1.54, 1.807) is 10.4 Å². The van der Waals surface area contributed by atoms with Crippen molar-refractivity contribution in [2.24, 2.45) is 23.5 Å². The number of carbonyl (C=O) groups excluding carboxylic acids is 1. The predicted molar refractivity (Wildman–Crippen MR) is 126 cm³/mol. The Bertz CT molecular complexity index is 781. The molecule has 2 saturated carbocycles. The highest BCUT2D eigenvalue weighted by Gasteiger charge is 2.40. The second-order valence-corrected chi connectivity index (χ2v) is 12.6. The van der Waals surface area contributed by atoms with Crippen molar-refractivity contribution in [2.75, 3.05) is 33.2 Å². The Morgan fingerprint density at radius 3 is 2.47 bits per heavy atom. The van der Waals surface area contributed by atoms with Crippen molar-refractivity contribution in [3.05, 3.63) is 12.2 Å². The number of hydrogen-bond acceptors (Lipinski definition) is 6. The first kappa shape index (κ1) is 24.1. The molecule has 0 aromatic carbocycles. The maximum Gasteiger partial charge on any atom is 0.243 e. The van der Waals surface area contributed by atoms with Crippen LogP contribution in [0.3, 0.4) is 0 Å². The van der Waals surface area contributed by atoms with Gasteiger partial charge in [0.2, 0.25) is 15.9 Å². The van der Waals surface area contributed by atoms with Crippen LogP contribution in [0.5, 0.6) is 0 Å². The molecule has 4 N–H and O–H groups in total. The smallest absolute Gasteiger partial charge is 0.243 e. The number of carbonyl (C=O) groups is 1. The zero-order valence-electron chi connectivity index (χ0n) is 19.4. The molecule has 32 heavy (non-hydrogen) atoms. The van der Waals surface area contributed by atoms with Crippen LogP contribution in [0, 0.1) is 17.8 Å². The van der Waals surface area contributed by atoms with Gasteiger partial charge in [0.25, 0.3) is 0 Å². The topological polar surface area (TPSA) is 108 Å². The van der Waals surface area contributed by atoms with Gasteiger partial charge < -0.3 is 11.1 Å². The lowest BCUT2D eigenvalue weighted by Gasteiger charge is -2.33. The Kier molecular flexibility index (Phi) is 7.93. The minimum Gasteiger partial charge on any atom is -0.348 e. The van der Waals surface area contributed by atoms with Gasteiger partial charge in [0, 0.05) is 45.3 Å². The van der Waals surface area contributed by atoms with E-state index >= 15 is 0 Å². The number of nitrogens with one attached hydrogen (secondary N) is 2. The van der Waals surface area contributed by atoms with Crippen LogP contribution < -0.4 is 16.5 Å². The molecule has 0 spiro atoms. The highest BCUT2D eigenvalue weighted by molar-refractivity contribution is 7.89. The number of hydrogen-bond donors (Lipinski definition) is 3. The number of sulfonamides is 1. The number of rotatable bonds is 6. The summed E-state index contributed by atoms with van der Waals surface area (Å²) in [5, 5.41) is 4.93. The number of nitrogens with two attached hydrogens (primary N) is 1. The zero-order chi connectivity index (χ0) is 22.7. The molecule has 0 aromatic heterocycles. The molecule has 2 saturated heterocycles. The van der Waals surface area contributed by atoms with Crippen LogP contribution in [0.4, 0.5) is 0 Å². The molecule has 0 radical (unpaired) electrons. The summed E-state index contributed by atoms with van der Waals surface area (Å²) in [6, 6.07) is 0.0889. The van der Waals surface area contributed by atoms with Gasteiger partial charge in [-0.15, -0.1) is 0 Å². The van der Waals surface area contributed by atoms with Gasteiger partial charge in [-0.3, -0.25) is 10.2 Å². The van der Waals surface area contributed by atoms with E-state index in [1.165, 1.54) is 0 Å². The molecule has 4 aliphatic rings. The van der Waals surface area contributed by atoms with E-state index in [0.717, 1.165) is 70.9 Å². The Morgan fingerprint density at radius 2 is 1.78 bits per heavy atom. The average molecular weight is 468 g/mol. The quantitative estimate of drug-likeness (QED) is 0.507. The van der Waals surface area contributed by atoms with Crippen LogP contribution in [0.1, 0.15) is 57.8 Å². The van der Waals surface area contributed by atoms with Gasteiger partial charge in [-0.2, -0.15) is 0 Å². The Labute approximate surface area is 193 Å². The third-order valence-electron chi connectivity index (χ3n) is 8.15. The molecule has 4 rings (SSSR count). The lowest BCUT2D eigenvalue weighted by Crippen LogP contribution is -2.48. The van der Waals surface area contributed by atoms with E-state index in [1.807, 2.05) is 6.08 Å². The normalized spacial score (nSPS) is 37.8. The molecule has 2 aliphatic heterocycles. The molecule has 2 aliphatic carbocycles. The Morgan fingerprint density at radius 1 is 1.03 bits per heavy atom. The van der Waals surface area contributed by atoms with E-state index in [-0.39, 0.29) is 29.2 Å². The standard InChI is InChI=1S/C23H41N5O3S/c1-27-16-19(14-25-27)18-7-9-20(10-8-18)32(30,31)28-13-12-17(15-28)6-11-23(29)26-22-5-3-2-4-21(22)24/h6,11,17-22,25H,2-5,7-10,12-16,24H2,1H3,(H,26,29)/b11-6+. The predicted octanol–water partition coefficient (Wildman–Crippen LogP) is 1.21. The second-order valence-electron chi connectivity index (χ2n) is 10.4. The van der Waals surface area contributed by atoms with Gasteiger partial charge >= 0.3 is 0 Å². The summed E-state index contributed by atoms with van der Waals surface area (Å²) in [5.41, 5.74) is 9.48. The Hall–Kier alpha value is -1.00. The Balaban J connectivity index is 1.23. The summed E-state index contributed by atoms with van der Waals surface area (Å²) in [5.74, 6) is 1.26. The summed E-state index contributed by atoms with van der Waals surface area (Å²) in [6.45, 7) is 3.12. The fourth-order valence-corrected chi connectivity index (χ4v) is 8.12. The minimum absolute atomic E-state index is 0.0362.